The summed E-state index contributed by atoms with van der Waals surface area (Å²) in [7, 11) is -3.42. The van der Waals surface area contributed by atoms with Crippen molar-refractivity contribution in [2.75, 3.05) is 17.5 Å². The standard InChI is InChI=1S/C17H19ClN2O3S/c1-12(13-6-4-3-5-7-13)11-19-17(21)15-10-14(8-9-16(15)18)20-24(2,22)23/h3-10,12,20H,11H2,1-2H3,(H,19,21)/t12-/m0/s1. The maximum absolute atomic E-state index is 12.3. The van der Waals surface area contributed by atoms with Crippen molar-refractivity contribution in [1.82, 2.24) is 5.32 Å². The normalized spacial score (nSPS) is 12.5. The summed E-state index contributed by atoms with van der Waals surface area (Å²) in [6.07, 6.45) is 1.04. The first-order valence-electron chi connectivity index (χ1n) is 7.37. The summed E-state index contributed by atoms with van der Waals surface area (Å²) in [6.45, 7) is 2.46. The molecule has 0 saturated heterocycles. The van der Waals surface area contributed by atoms with E-state index in [-0.39, 0.29) is 22.4 Å². The molecular weight excluding hydrogens is 348 g/mol. The monoisotopic (exact) mass is 366 g/mol. The van der Waals surface area contributed by atoms with E-state index in [1.807, 2.05) is 37.3 Å². The van der Waals surface area contributed by atoms with Crippen LogP contribution in [0.15, 0.2) is 48.5 Å². The van der Waals surface area contributed by atoms with E-state index in [0.717, 1.165) is 11.8 Å². The summed E-state index contributed by atoms with van der Waals surface area (Å²) in [5.41, 5.74) is 1.64. The van der Waals surface area contributed by atoms with Crippen LogP contribution < -0.4 is 10.0 Å². The molecule has 0 saturated carbocycles. The van der Waals surface area contributed by atoms with Gasteiger partial charge in [0.2, 0.25) is 10.0 Å². The zero-order chi connectivity index (χ0) is 17.7. The SMILES string of the molecule is C[C@@H](CNC(=O)c1cc(NS(C)(=O)=O)ccc1Cl)c1ccccc1. The van der Waals surface area contributed by atoms with Gasteiger partial charge in [-0.25, -0.2) is 8.42 Å². The Labute approximate surface area is 147 Å². The van der Waals surface area contributed by atoms with Crippen LogP contribution in [-0.2, 0) is 10.0 Å². The van der Waals surface area contributed by atoms with Crippen LogP contribution in [0.3, 0.4) is 0 Å². The summed E-state index contributed by atoms with van der Waals surface area (Å²) in [5, 5.41) is 3.09. The molecule has 0 radical (unpaired) electrons. The van der Waals surface area contributed by atoms with E-state index < -0.39 is 10.0 Å². The predicted octanol–water partition coefficient (Wildman–Crippen LogP) is 3.25. The first kappa shape index (κ1) is 18.3. The minimum absolute atomic E-state index is 0.145. The van der Waals surface area contributed by atoms with E-state index in [0.29, 0.717) is 12.2 Å². The molecule has 2 N–H and O–H groups in total. The van der Waals surface area contributed by atoms with Crippen molar-refractivity contribution in [3.63, 3.8) is 0 Å². The van der Waals surface area contributed by atoms with Crippen LogP contribution in [-0.4, -0.2) is 27.1 Å². The van der Waals surface area contributed by atoms with Gasteiger partial charge in [0.1, 0.15) is 0 Å². The molecular formula is C17H19ClN2O3S. The van der Waals surface area contributed by atoms with Crippen molar-refractivity contribution in [3.05, 3.63) is 64.7 Å². The smallest absolute Gasteiger partial charge is 0.252 e. The minimum Gasteiger partial charge on any atom is -0.351 e. The van der Waals surface area contributed by atoms with E-state index in [9.17, 15) is 13.2 Å². The van der Waals surface area contributed by atoms with Gasteiger partial charge in [-0.05, 0) is 29.7 Å². The number of hydrogen-bond donors (Lipinski definition) is 2. The zero-order valence-electron chi connectivity index (χ0n) is 13.4. The van der Waals surface area contributed by atoms with Crippen molar-refractivity contribution in [2.24, 2.45) is 0 Å². The third-order valence-corrected chi connectivity index (χ3v) is 4.39. The molecule has 0 aliphatic heterocycles. The van der Waals surface area contributed by atoms with Gasteiger partial charge in [0.15, 0.2) is 0 Å². The van der Waals surface area contributed by atoms with Gasteiger partial charge in [0, 0.05) is 12.2 Å². The average Bonchev–Trinajstić information content (AvgIpc) is 2.53. The van der Waals surface area contributed by atoms with Gasteiger partial charge in [-0.1, -0.05) is 48.9 Å². The van der Waals surface area contributed by atoms with Gasteiger partial charge < -0.3 is 5.32 Å². The molecule has 2 rings (SSSR count). The Bertz CT molecular complexity index is 823. The van der Waals surface area contributed by atoms with Crippen LogP contribution in [0.5, 0.6) is 0 Å². The number of anilines is 1. The minimum atomic E-state index is -3.42. The molecule has 0 aliphatic carbocycles. The van der Waals surface area contributed by atoms with Crippen LogP contribution >= 0.6 is 11.6 Å². The molecule has 5 nitrogen and oxygen atoms in total. The van der Waals surface area contributed by atoms with Gasteiger partial charge in [0.25, 0.3) is 5.91 Å². The molecule has 2 aromatic carbocycles. The Morgan fingerprint density at radius 2 is 1.83 bits per heavy atom. The molecule has 2 aromatic rings. The predicted molar refractivity (Wildman–Crippen MR) is 97.1 cm³/mol. The molecule has 0 aliphatic rings. The fourth-order valence-corrected chi connectivity index (χ4v) is 2.98. The van der Waals surface area contributed by atoms with E-state index in [4.69, 9.17) is 11.6 Å². The van der Waals surface area contributed by atoms with E-state index in [2.05, 4.69) is 10.0 Å². The topological polar surface area (TPSA) is 75.3 Å². The van der Waals surface area contributed by atoms with Gasteiger partial charge in [-0.2, -0.15) is 0 Å². The highest BCUT2D eigenvalue weighted by atomic mass is 35.5. The number of carbonyl (C=O) groups excluding carboxylic acids is 1. The Morgan fingerprint density at radius 3 is 2.46 bits per heavy atom. The lowest BCUT2D eigenvalue weighted by atomic mass is 10.0. The van der Waals surface area contributed by atoms with Crippen molar-refractivity contribution >= 4 is 33.2 Å². The largest absolute Gasteiger partial charge is 0.351 e. The van der Waals surface area contributed by atoms with E-state index in [1.165, 1.54) is 18.2 Å². The molecule has 1 amide bonds. The Hall–Kier alpha value is -2.05. The first-order chi connectivity index (χ1) is 11.3. The maximum atomic E-state index is 12.3. The summed E-state index contributed by atoms with van der Waals surface area (Å²) in [4.78, 5) is 12.3. The average molecular weight is 367 g/mol. The molecule has 0 fully saturated rings. The maximum Gasteiger partial charge on any atom is 0.252 e. The third kappa shape index (κ3) is 5.25. The van der Waals surface area contributed by atoms with Crippen LogP contribution in [0.2, 0.25) is 5.02 Å². The van der Waals surface area contributed by atoms with Crippen molar-refractivity contribution in [2.45, 2.75) is 12.8 Å². The number of carbonyl (C=O) groups is 1. The third-order valence-electron chi connectivity index (χ3n) is 3.45. The second-order valence-corrected chi connectivity index (χ2v) is 7.75. The Kier molecular flexibility index (Phi) is 5.85. The number of benzene rings is 2. The first-order valence-corrected chi connectivity index (χ1v) is 9.63. The number of sulfonamides is 1. The fourth-order valence-electron chi connectivity index (χ4n) is 2.22. The summed E-state index contributed by atoms with van der Waals surface area (Å²) in [6, 6.07) is 14.3. The van der Waals surface area contributed by atoms with Gasteiger partial charge >= 0.3 is 0 Å². The molecule has 0 spiro atoms. The molecule has 24 heavy (non-hydrogen) atoms. The van der Waals surface area contributed by atoms with Gasteiger partial charge in [-0.15, -0.1) is 0 Å². The van der Waals surface area contributed by atoms with Crippen LogP contribution in [0.25, 0.3) is 0 Å². The zero-order valence-corrected chi connectivity index (χ0v) is 15.0. The lowest BCUT2D eigenvalue weighted by molar-refractivity contribution is 0.0952. The van der Waals surface area contributed by atoms with E-state index >= 15 is 0 Å². The summed E-state index contributed by atoms with van der Waals surface area (Å²) >= 11 is 6.06. The number of hydrogen-bond acceptors (Lipinski definition) is 3. The van der Waals surface area contributed by atoms with Crippen LogP contribution in [0.4, 0.5) is 5.69 Å². The van der Waals surface area contributed by atoms with Gasteiger partial charge in [0.05, 0.1) is 16.8 Å². The second-order valence-electron chi connectivity index (χ2n) is 5.59. The number of nitrogens with one attached hydrogen (secondary N) is 2. The second kappa shape index (κ2) is 7.68. The number of rotatable bonds is 6. The van der Waals surface area contributed by atoms with Crippen LogP contribution in [0.1, 0.15) is 28.8 Å². The Morgan fingerprint density at radius 1 is 1.17 bits per heavy atom. The quantitative estimate of drug-likeness (QED) is 0.824. The van der Waals surface area contributed by atoms with Gasteiger partial charge in [-0.3, -0.25) is 9.52 Å². The van der Waals surface area contributed by atoms with E-state index in [1.54, 1.807) is 0 Å². The molecule has 0 heterocycles. The highest BCUT2D eigenvalue weighted by Gasteiger charge is 2.14. The lowest BCUT2D eigenvalue weighted by Crippen LogP contribution is -2.28. The van der Waals surface area contributed by atoms with Crippen molar-refractivity contribution < 1.29 is 13.2 Å². The molecule has 7 heteroatoms. The molecule has 1 atom stereocenters. The molecule has 0 unspecified atom stereocenters. The molecule has 0 aromatic heterocycles. The molecule has 128 valence electrons. The Balaban J connectivity index is 2.08. The number of amides is 1. The fraction of sp³-hybridized carbons (Fsp3) is 0.235. The van der Waals surface area contributed by atoms with Crippen LogP contribution in [0, 0.1) is 0 Å². The number of halogens is 1. The highest BCUT2D eigenvalue weighted by molar-refractivity contribution is 7.92. The van der Waals surface area contributed by atoms with Crippen molar-refractivity contribution in [3.8, 4) is 0 Å². The molecule has 0 bridgehead atoms. The lowest BCUT2D eigenvalue weighted by Gasteiger charge is -2.14. The summed E-state index contributed by atoms with van der Waals surface area (Å²) in [5.74, 6) is -0.203. The van der Waals surface area contributed by atoms with Crippen molar-refractivity contribution in [1.29, 1.82) is 0 Å². The summed E-state index contributed by atoms with van der Waals surface area (Å²) < 4.78 is 24.9. The highest BCUT2D eigenvalue weighted by Crippen LogP contribution is 2.21.